The lowest BCUT2D eigenvalue weighted by Crippen LogP contribution is -2.34. The first-order chi connectivity index (χ1) is 7.72. The molecule has 0 N–H and O–H groups in total. The van der Waals surface area contributed by atoms with Gasteiger partial charge in [0.05, 0.1) is 0 Å². The smallest absolute Gasteiger partial charge is 0.0495 e. The van der Waals surface area contributed by atoms with E-state index in [-0.39, 0.29) is 0 Å². The minimum Gasteiger partial charge on any atom is -0.381 e. The molecule has 0 aromatic heterocycles. The molecule has 1 saturated heterocycles. The van der Waals surface area contributed by atoms with Gasteiger partial charge in [-0.1, -0.05) is 20.8 Å². The van der Waals surface area contributed by atoms with Gasteiger partial charge in [0, 0.05) is 13.2 Å². The molecular formula is C14H29NO. The van der Waals surface area contributed by atoms with Crippen LogP contribution >= 0.6 is 0 Å². The molecule has 0 aromatic rings. The van der Waals surface area contributed by atoms with Crippen LogP contribution in [0.2, 0.25) is 0 Å². The Balaban J connectivity index is 1.94. The molecule has 0 atom stereocenters. The first kappa shape index (κ1) is 14.0. The zero-order valence-corrected chi connectivity index (χ0v) is 11.4. The number of rotatable bonds is 7. The monoisotopic (exact) mass is 227 g/mol. The third-order valence-corrected chi connectivity index (χ3v) is 3.58. The van der Waals surface area contributed by atoms with E-state index in [4.69, 9.17) is 4.74 Å². The van der Waals surface area contributed by atoms with Gasteiger partial charge in [-0.2, -0.15) is 0 Å². The normalized spacial score (nSPS) is 19.5. The Morgan fingerprint density at radius 2 is 1.94 bits per heavy atom. The molecule has 16 heavy (non-hydrogen) atoms. The Labute approximate surface area is 101 Å². The summed E-state index contributed by atoms with van der Waals surface area (Å²) in [6, 6.07) is 0. The van der Waals surface area contributed by atoms with Crippen molar-refractivity contribution in [3.63, 3.8) is 0 Å². The Bertz CT molecular complexity index is 162. The average Bonchev–Trinajstić information content (AvgIpc) is 2.29. The lowest BCUT2D eigenvalue weighted by molar-refractivity contribution is 0.0651. The fourth-order valence-corrected chi connectivity index (χ4v) is 2.31. The van der Waals surface area contributed by atoms with Gasteiger partial charge in [0.25, 0.3) is 0 Å². The molecule has 1 heterocycles. The minimum atomic E-state index is 0.816. The summed E-state index contributed by atoms with van der Waals surface area (Å²) >= 11 is 0. The molecule has 1 fully saturated rings. The maximum atomic E-state index is 5.77. The van der Waals surface area contributed by atoms with Crippen molar-refractivity contribution >= 4 is 0 Å². The second kappa shape index (κ2) is 8.08. The molecule has 2 nitrogen and oxygen atoms in total. The van der Waals surface area contributed by atoms with Crippen LogP contribution in [0, 0.1) is 11.8 Å². The zero-order chi connectivity index (χ0) is 11.8. The van der Waals surface area contributed by atoms with E-state index in [1.165, 1.54) is 45.3 Å². The van der Waals surface area contributed by atoms with E-state index in [2.05, 4.69) is 25.7 Å². The van der Waals surface area contributed by atoms with Crippen molar-refractivity contribution in [1.82, 2.24) is 4.90 Å². The Morgan fingerprint density at radius 3 is 2.50 bits per heavy atom. The van der Waals surface area contributed by atoms with Crippen molar-refractivity contribution in [2.45, 2.75) is 46.5 Å². The van der Waals surface area contributed by atoms with E-state index < -0.39 is 0 Å². The SMILES string of the molecule is CCN1CCC(COCCCC(C)C)CC1. The van der Waals surface area contributed by atoms with Gasteiger partial charge in [0.15, 0.2) is 0 Å². The van der Waals surface area contributed by atoms with Crippen LogP contribution in [-0.2, 0) is 4.74 Å². The van der Waals surface area contributed by atoms with Gasteiger partial charge < -0.3 is 9.64 Å². The molecule has 96 valence electrons. The first-order valence-electron chi connectivity index (χ1n) is 7.02. The predicted octanol–water partition coefficient (Wildman–Crippen LogP) is 3.17. The highest BCUT2D eigenvalue weighted by atomic mass is 16.5. The highest BCUT2D eigenvalue weighted by Crippen LogP contribution is 2.17. The fourth-order valence-electron chi connectivity index (χ4n) is 2.31. The van der Waals surface area contributed by atoms with Crippen LogP contribution in [0.25, 0.3) is 0 Å². The van der Waals surface area contributed by atoms with Crippen LogP contribution < -0.4 is 0 Å². The number of likely N-dealkylation sites (tertiary alicyclic amines) is 1. The van der Waals surface area contributed by atoms with Crippen LogP contribution in [0.1, 0.15) is 46.5 Å². The van der Waals surface area contributed by atoms with Gasteiger partial charge in [0.2, 0.25) is 0 Å². The maximum absolute atomic E-state index is 5.77. The third kappa shape index (κ3) is 5.86. The largest absolute Gasteiger partial charge is 0.381 e. The maximum Gasteiger partial charge on any atom is 0.0495 e. The Hall–Kier alpha value is -0.0800. The Kier molecular flexibility index (Phi) is 7.06. The van der Waals surface area contributed by atoms with E-state index in [1.807, 2.05) is 0 Å². The van der Waals surface area contributed by atoms with Gasteiger partial charge in [-0.3, -0.25) is 0 Å². The standard InChI is InChI=1S/C14H29NO/c1-4-15-9-7-14(8-10-15)12-16-11-5-6-13(2)3/h13-14H,4-12H2,1-3H3. The summed E-state index contributed by atoms with van der Waals surface area (Å²) in [6.07, 6.45) is 5.19. The topological polar surface area (TPSA) is 12.5 Å². The van der Waals surface area contributed by atoms with E-state index in [0.717, 1.165) is 25.0 Å². The predicted molar refractivity (Wildman–Crippen MR) is 69.7 cm³/mol. The lowest BCUT2D eigenvalue weighted by Gasteiger charge is -2.30. The molecule has 0 amide bonds. The summed E-state index contributed by atoms with van der Waals surface area (Å²) < 4.78 is 5.77. The molecule has 0 unspecified atom stereocenters. The number of nitrogens with zero attached hydrogens (tertiary/aromatic N) is 1. The minimum absolute atomic E-state index is 0.816. The third-order valence-electron chi connectivity index (χ3n) is 3.58. The molecule has 1 rings (SSSR count). The molecular weight excluding hydrogens is 198 g/mol. The van der Waals surface area contributed by atoms with Crippen molar-refractivity contribution in [2.75, 3.05) is 32.8 Å². The summed E-state index contributed by atoms with van der Waals surface area (Å²) in [5, 5.41) is 0. The quantitative estimate of drug-likeness (QED) is 0.619. The van der Waals surface area contributed by atoms with Crippen molar-refractivity contribution in [3.05, 3.63) is 0 Å². The number of hydrogen-bond donors (Lipinski definition) is 0. The summed E-state index contributed by atoms with van der Waals surface area (Å²) in [5.41, 5.74) is 0. The highest BCUT2D eigenvalue weighted by molar-refractivity contribution is 4.70. The fraction of sp³-hybridized carbons (Fsp3) is 1.00. The van der Waals surface area contributed by atoms with Crippen LogP contribution in [0.3, 0.4) is 0 Å². The van der Waals surface area contributed by atoms with Gasteiger partial charge in [0.1, 0.15) is 0 Å². The van der Waals surface area contributed by atoms with E-state index >= 15 is 0 Å². The van der Waals surface area contributed by atoms with Crippen LogP contribution in [0.15, 0.2) is 0 Å². The van der Waals surface area contributed by atoms with Crippen LogP contribution in [0.4, 0.5) is 0 Å². The molecule has 0 radical (unpaired) electrons. The zero-order valence-electron chi connectivity index (χ0n) is 11.4. The van der Waals surface area contributed by atoms with E-state index in [0.29, 0.717) is 0 Å². The van der Waals surface area contributed by atoms with Crippen molar-refractivity contribution in [2.24, 2.45) is 11.8 Å². The highest BCUT2D eigenvalue weighted by Gasteiger charge is 2.17. The van der Waals surface area contributed by atoms with Gasteiger partial charge in [-0.15, -0.1) is 0 Å². The van der Waals surface area contributed by atoms with Gasteiger partial charge in [-0.05, 0) is 57.2 Å². The summed E-state index contributed by atoms with van der Waals surface area (Å²) in [5.74, 6) is 1.64. The van der Waals surface area contributed by atoms with E-state index in [9.17, 15) is 0 Å². The second-order valence-electron chi connectivity index (χ2n) is 5.49. The van der Waals surface area contributed by atoms with Gasteiger partial charge >= 0.3 is 0 Å². The number of ether oxygens (including phenoxy) is 1. The molecule has 1 aliphatic heterocycles. The molecule has 0 aliphatic carbocycles. The molecule has 2 heteroatoms. The molecule has 0 bridgehead atoms. The van der Waals surface area contributed by atoms with Gasteiger partial charge in [-0.25, -0.2) is 0 Å². The molecule has 0 spiro atoms. The Morgan fingerprint density at radius 1 is 1.25 bits per heavy atom. The first-order valence-corrected chi connectivity index (χ1v) is 7.02. The van der Waals surface area contributed by atoms with Crippen molar-refractivity contribution < 1.29 is 4.74 Å². The second-order valence-corrected chi connectivity index (χ2v) is 5.49. The lowest BCUT2D eigenvalue weighted by atomic mass is 9.98. The summed E-state index contributed by atoms with van der Waals surface area (Å²) in [4.78, 5) is 2.54. The van der Waals surface area contributed by atoms with E-state index in [1.54, 1.807) is 0 Å². The summed E-state index contributed by atoms with van der Waals surface area (Å²) in [6.45, 7) is 12.5. The number of piperidine rings is 1. The van der Waals surface area contributed by atoms with Crippen LogP contribution in [-0.4, -0.2) is 37.7 Å². The molecule has 0 aromatic carbocycles. The molecule has 1 aliphatic rings. The average molecular weight is 227 g/mol. The van der Waals surface area contributed by atoms with Crippen molar-refractivity contribution in [1.29, 1.82) is 0 Å². The number of hydrogen-bond acceptors (Lipinski definition) is 2. The summed E-state index contributed by atoms with van der Waals surface area (Å²) in [7, 11) is 0. The van der Waals surface area contributed by atoms with Crippen LogP contribution in [0.5, 0.6) is 0 Å². The molecule has 0 saturated carbocycles. The van der Waals surface area contributed by atoms with Crippen molar-refractivity contribution in [3.8, 4) is 0 Å².